The fraction of sp³-hybridized carbons (Fsp3) is 0.333. The molecule has 2 amide bonds. The molecule has 13 heteroatoms. The minimum absolute atomic E-state index is 0.0673. The van der Waals surface area contributed by atoms with E-state index in [0.717, 1.165) is 6.07 Å². The van der Waals surface area contributed by atoms with Crippen LogP contribution in [-0.4, -0.2) is 41.7 Å². The van der Waals surface area contributed by atoms with E-state index >= 15 is 0 Å². The van der Waals surface area contributed by atoms with Gasteiger partial charge < -0.3 is 31.9 Å². The van der Waals surface area contributed by atoms with Gasteiger partial charge in [0.2, 0.25) is 0 Å². The van der Waals surface area contributed by atoms with Crippen molar-refractivity contribution >= 4 is 29.6 Å². The predicted molar refractivity (Wildman–Crippen MR) is 130 cm³/mol. The standard InChI is InChI=1S/C24H28F3N5O5/c1-13(2)12-37-23(36)32-19(21(34)35)9-14-3-5-18(6-4-14)31-20(33)16-7-15(11-30-22(28)29)8-17(10-16)24(25,26)27/h3-8,10,13,19H,9,11-12H2,1-2H3,(H,31,33)(H,32,36)(H,34,35)(H4,28,29,30). The molecule has 0 aliphatic heterocycles. The second-order valence-corrected chi connectivity index (χ2v) is 8.54. The Morgan fingerprint density at radius 2 is 1.70 bits per heavy atom. The Labute approximate surface area is 210 Å². The number of aliphatic imine (C=N–C) groups is 1. The molecule has 0 heterocycles. The summed E-state index contributed by atoms with van der Waals surface area (Å²) in [4.78, 5) is 39.7. The third kappa shape index (κ3) is 9.70. The lowest BCUT2D eigenvalue weighted by atomic mass is 10.0. The number of carbonyl (C=O) groups excluding carboxylic acids is 2. The lowest BCUT2D eigenvalue weighted by Crippen LogP contribution is -2.42. The number of carbonyl (C=O) groups is 3. The fourth-order valence-corrected chi connectivity index (χ4v) is 3.05. The van der Waals surface area contributed by atoms with Gasteiger partial charge in [0.25, 0.3) is 5.91 Å². The van der Waals surface area contributed by atoms with Crippen LogP contribution in [0.2, 0.25) is 0 Å². The normalized spacial score (nSPS) is 11.9. The quantitative estimate of drug-likeness (QED) is 0.235. The molecule has 0 saturated heterocycles. The summed E-state index contributed by atoms with van der Waals surface area (Å²) in [6.07, 6.45) is -5.62. The number of nitrogens with one attached hydrogen (secondary N) is 2. The van der Waals surface area contributed by atoms with Crippen LogP contribution in [0.3, 0.4) is 0 Å². The predicted octanol–water partition coefficient (Wildman–Crippen LogP) is 3.11. The number of nitrogens with two attached hydrogens (primary N) is 2. The van der Waals surface area contributed by atoms with E-state index in [9.17, 15) is 32.7 Å². The van der Waals surface area contributed by atoms with E-state index in [4.69, 9.17) is 16.2 Å². The molecule has 0 saturated carbocycles. The Balaban J connectivity index is 2.12. The van der Waals surface area contributed by atoms with Crippen molar-refractivity contribution < 1.29 is 37.4 Å². The van der Waals surface area contributed by atoms with Crippen LogP contribution in [0, 0.1) is 5.92 Å². The highest BCUT2D eigenvalue weighted by Gasteiger charge is 2.32. The summed E-state index contributed by atoms with van der Waals surface area (Å²) in [6, 6.07) is 7.50. The largest absolute Gasteiger partial charge is 0.480 e. The van der Waals surface area contributed by atoms with Gasteiger partial charge in [0, 0.05) is 17.7 Å². The number of hydrogen-bond donors (Lipinski definition) is 5. The van der Waals surface area contributed by atoms with Crippen molar-refractivity contribution in [3.8, 4) is 0 Å². The van der Waals surface area contributed by atoms with Gasteiger partial charge in [0.05, 0.1) is 18.7 Å². The molecule has 7 N–H and O–H groups in total. The molecule has 200 valence electrons. The third-order valence-corrected chi connectivity index (χ3v) is 4.82. The minimum atomic E-state index is -4.69. The summed E-state index contributed by atoms with van der Waals surface area (Å²) in [5, 5.41) is 14.2. The maximum absolute atomic E-state index is 13.3. The maximum Gasteiger partial charge on any atom is 0.416 e. The highest BCUT2D eigenvalue weighted by Crippen LogP contribution is 2.31. The Morgan fingerprint density at radius 3 is 2.24 bits per heavy atom. The van der Waals surface area contributed by atoms with Crippen LogP contribution < -0.4 is 22.1 Å². The average molecular weight is 524 g/mol. The minimum Gasteiger partial charge on any atom is -0.480 e. The Morgan fingerprint density at radius 1 is 1.05 bits per heavy atom. The number of carboxylic acid groups (broad SMARTS) is 1. The number of anilines is 1. The van der Waals surface area contributed by atoms with Crippen molar-refractivity contribution in [2.24, 2.45) is 22.4 Å². The van der Waals surface area contributed by atoms with Gasteiger partial charge in [-0.3, -0.25) is 4.79 Å². The first-order chi connectivity index (χ1) is 17.2. The van der Waals surface area contributed by atoms with Crippen LogP contribution in [0.4, 0.5) is 23.7 Å². The molecular weight excluding hydrogens is 495 g/mol. The van der Waals surface area contributed by atoms with Gasteiger partial charge in [-0.25, -0.2) is 14.6 Å². The Bertz CT molecular complexity index is 1150. The molecule has 0 aliphatic carbocycles. The first-order valence-corrected chi connectivity index (χ1v) is 11.1. The number of aliphatic carboxylic acids is 1. The molecule has 0 spiro atoms. The van der Waals surface area contributed by atoms with Gasteiger partial charge >= 0.3 is 18.2 Å². The van der Waals surface area contributed by atoms with Crippen LogP contribution in [0.25, 0.3) is 0 Å². The van der Waals surface area contributed by atoms with E-state index in [0.29, 0.717) is 11.6 Å². The number of carboxylic acids is 1. The van der Waals surface area contributed by atoms with Crippen molar-refractivity contribution in [2.75, 3.05) is 11.9 Å². The van der Waals surface area contributed by atoms with Crippen molar-refractivity contribution in [3.63, 3.8) is 0 Å². The second kappa shape index (κ2) is 12.6. The summed E-state index contributed by atoms with van der Waals surface area (Å²) < 4.78 is 44.9. The zero-order chi connectivity index (χ0) is 27.8. The maximum atomic E-state index is 13.3. The highest BCUT2D eigenvalue weighted by molar-refractivity contribution is 6.04. The van der Waals surface area contributed by atoms with Crippen LogP contribution in [0.15, 0.2) is 47.5 Å². The van der Waals surface area contributed by atoms with Crippen molar-refractivity contribution in [1.29, 1.82) is 0 Å². The molecule has 0 aromatic heterocycles. The van der Waals surface area contributed by atoms with Crippen LogP contribution in [0.5, 0.6) is 0 Å². The number of benzene rings is 2. The highest BCUT2D eigenvalue weighted by atomic mass is 19.4. The third-order valence-electron chi connectivity index (χ3n) is 4.82. The van der Waals surface area contributed by atoms with E-state index in [2.05, 4.69) is 15.6 Å². The van der Waals surface area contributed by atoms with Crippen LogP contribution >= 0.6 is 0 Å². The lowest BCUT2D eigenvalue weighted by molar-refractivity contribution is -0.139. The van der Waals surface area contributed by atoms with Crippen LogP contribution in [0.1, 0.15) is 40.9 Å². The Kier molecular flexibility index (Phi) is 9.86. The van der Waals surface area contributed by atoms with Crippen LogP contribution in [-0.2, 0) is 28.7 Å². The molecule has 2 aromatic rings. The lowest BCUT2D eigenvalue weighted by Gasteiger charge is -2.16. The SMILES string of the molecule is CC(C)COC(=O)NC(Cc1ccc(NC(=O)c2cc(CN=C(N)N)cc(C(F)(F)F)c2)cc1)C(=O)O. The van der Waals surface area contributed by atoms with Gasteiger partial charge in [0.15, 0.2) is 5.96 Å². The van der Waals surface area contributed by atoms with Gasteiger partial charge in [0.1, 0.15) is 6.04 Å². The topological polar surface area (TPSA) is 169 Å². The number of nitrogens with zero attached hydrogens (tertiary/aromatic N) is 1. The summed E-state index contributed by atoms with van der Waals surface area (Å²) in [5.74, 6) is -2.29. The number of halogens is 3. The zero-order valence-corrected chi connectivity index (χ0v) is 20.1. The molecule has 0 bridgehead atoms. The van der Waals surface area contributed by atoms with Gasteiger partial charge in [-0.1, -0.05) is 26.0 Å². The fourth-order valence-electron chi connectivity index (χ4n) is 3.05. The molecule has 1 unspecified atom stereocenters. The molecule has 0 radical (unpaired) electrons. The van der Waals surface area contributed by atoms with E-state index in [1.807, 2.05) is 13.8 Å². The molecule has 10 nitrogen and oxygen atoms in total. The molecule has 2 rings (SSSR count). The van der Waals surface area contributed by atoms with E-state index < -0.39 is 35.8 Å². The number of ether oxygens (including phenoxy) is 1. The number of alkyl halides is 3. The van der Waals surface area contributed by atoms with E-state index in [1.54, 1.807) is 0 Å². The summed E-state index contributed by atoms with van der Waals surface area (Å²) in [6.45, 7) is 3.56. The number of amides is 2. The molecule has 37 heavy (non-hydrogen) atoms. The Hall–Kier alpha value is -4.29. The molecule has 2 aromatic carbocycles. The molecule has 0 fully saturated rings. The molecule has 1 atom stereocenters. The summed E-state index contributed by atoms with van der Waals surface area (Å²) >= 11 is 0. The monoisotopic (exact) mass is 523 g/mol. The summed E-state index contributed by atoms with van der Waals surface area (Å²) in [7, 11) is 0. The number of alkyl carbamates (subject to hydrolysis) is 1. The van der Waals surface area contributed by atoms with Gasteiger partial charge in [-0.2, -0.15) is 13.2 Å². The number of hydrogen-bond acceptors (Lipinski definition) is 5. The van der Waals surface area contributed by atoms with E-state index in [1.165, 1.54) is 30.3 Å². The average Bonchev–Trinajstić information content (AvgIpc) is 2.81. The number of guanidine groups is 1. The zero-order valence-electron chi connectivity index (χ0n) is 20.1. The number of rotatable bonds is 10. The molecule has 0 aliphatic rings. The van der Waals surface area contributed by atoms with Gasteiger partial charge in [-0.15, -0.1) is 0 Å². The summed E-state index contributed by atoms with van der Waals surface area (Å²) in [5.41, 5.74) is 10.1. The van der Waals surface area contributed by atoms with Crippen molar-refractivity contribution in [3.05, 3.63) is 64.7 Å². The van der Waals surface area contributed by atoms with Crippen molar-refractivity contribution in [2.45, 2.75) is 39.0 Å². The van der Waals surface area contributed by atoms with E-state index in [-0.39, 0.29) is 48.3 Å². The smallest absolute Gasteiger partial charge is 0.416 e. The molecular formula is C24H28F3N5O5. The van der Waals surface area contributed by atoms with Crippen molar-refractivity contribution in [1.82, 2.24) is 5.32 Å². The van der Waals surface area contributed by atoms with Gasteiger partial charge in [-0.05, 0) is 47.4 Å². The first kappa shape index (κ1) is 28.9. The second-order valence-electron chi connectivity index (χ2n) is 8.54. The first-order valence-electron chi connectivity index (χ1n) is 11.1.